The molecule has 0 aliphatic heterocycles. The minimum Gasteiger partial charge on any atom is -0.373 e. The van der Waals surface area contributed by atoms with Crippen LogP contribution in [0.3, 0.4) is 0 Å². The van der Waals surface area contributed by atoms with Crippen LogP contribution in [0.4, 0.5) is 5.82 Å². The summed E-state index contributed by atoms with van der Waals surface area (Å²) < 4.78 is 1.75. The molecule has 2 N–H and O–H groups in total. The van der Waals surface area contributed by atoms with Gasteiger partial charge in [0.25, 0.3) is 5.91 Å². The van der Waals surface area contributed by atoms with Crippen LogP contribution < -0.4 is 10.6 Å². The van der Waals surface area contributed by atoms with E-state index in [1.807, 2.05) is 13.2 Å². The number of hydrogen-bond acceptors (Lipinski definition) is 4. The van der Waals surface area contributed by atoms with Gasteiger partial charge in [-0.05, 0) is 24.1 Å². The number of aromatic nitrogens is 3. The molecule has 2 aromatic rings. The fourth-order valence-electron chi connectivity index (χ4n) is 1.73. The summed E-state index contributed by atoms with van der Waals surface area (Å²) in [7, 11) is 3.64. The fraction of sp³-hybridized carbons (Fsp3) is 0.308. The second-order valence-corrected chi connectivity index (χ2v) is 4.21. The predicted molar refractivity (Wildman–Crippen MR) is 73.0 cm³/mol. The number of hydrogen-bond donors (Lipinski definition) is 2. The highest BCUT2D eigenvalue weighted by Gasteiger charge is 2.06. The molecule has 6 nitrogen and oxygen atoms in total. The van der Waals surface area contributed by atoms with E-state index in [1.54, 1.807) is 36.3 Å². The molecule has 100 valence electrons. The Morgan fingerprint density at radius 3 is 3.00 bits per heavy atom. The molecular formula is C13H17N5O. The molecule has 0 unspecified atom stereocenters. The van der Waals surface area contributed by atoms with Crippen molar-refractivity contribution in [3.63, 3.8) is 0 Å². The first kappa shape index (κ1) is 13.1. The van der Waals surface area contributed by atoms with Crippen molar-refractivity contribution >= 4 is 11.7 Å². The number of anilines is 1. The molecule has 2 rings (SSSR count). The SMILES string of the molecule is CNc1cc(C(=O)NCCc2cnn(C)c2)ccn1. The number of rotatable bonds is 5. The van der Waals surface area contributed by atoms with Gasteiger partial charge < -0.3 is 10.6 Å². The summed E-state index contributed by atoms with van der Waals surface area (Å²) in [5.74, 6) is 0.586. The normalized spacial score (nSPS) is 10.2. The van der Waals surface area contributed by atoms with E-state index in [0.29, 0.717) is 17.9 Å². The molecule has 0 radical (unpaired) electrons. The van der Waals surface area contributed by atoms with E-state index in [0.717, 1.165) is 12.0 Å². The summed E-state index contributed by atoms with van der Waals surface area (Å²) in [5, 5.41) is 9.86. The molecule has 0 saturated heterocycles. The van der Waals surface area contributed by atoms with Crippen LogP contribution >= 0.6 is 0 Å². The molecule has 0 atom stereocenters. The van der Waals surface area contributed by atoms with Gasteiger partial charge >= 0.3 is 0 Å². The van der Waals surface area contributed by atoms with Crippen LogP contribution in [0.5, 0.6) is 0 Å². The number of pyridine rings is 1. The summed E-state index contributed by atoms with van der Waals surface area (Å²) in [5.41, 5.74) is 1.71. The number of nitrogens with zero attached hydrogens (tertiary/aromatic N) is 3. The summed E-state index contributed by atoms with van der Waals surface area (Å²) in [6, 6.07) is 3.42. The maximum atomic E-state index is 11.9. The van der Waals surface area contributed by atoms with Crippen LogP contribution in [0.1, 0.15) is 15.9 Å². The smallest absolute Gasteiger partial charge is 0.251 e. The van der Waals surface area contributed by atoms with Gasteiger partial charge in [0, 0.05) is 38.6 Å². The Labute approximate surface area is 111 Å². The monoisotopic (exact) mass is 259 g/mol. The molecule has 2 aromatic heterocycles. The topological polar surface area (TPSA) is 71.8 Å². The van der Waals surface area contributed by atoms with Crippen molar-refractivity contribution in [1.82, 2.24) is 20.1 Å². The van der Waals surface area contributed by atoms with Crippen LogP contribution in [-0.2, 0) is 13.5 Å². The Morgan fingerprint density at radius 1 is 1.47 bits per heavy atom. The number of carbonyl (C=O) groups is 1. The molecule has 19 heavy (non-hydrogen) atoms. The van der Waals surface area contributed by atoms with Crippen molar-refractivity contribution < 1.29 is 4.79 Å². The van der Waals surface area contributed by atoms with Gasteiger partial charge in [-0.1, -0.05) is 0 Å². The van der Waals surface area contributed by atoms with E-state index >= 15 is 0 Å². The van der Waals surface area contributed by atoms with E-state index < -0.39 is 0 Å². The first-order valence-corrected chi connectivity index (χ1v) is 6.08. The average Bonchev–Trinajstić information content (AvgIpc) is 2.84. The minimum atomic E-state index is -0.0946. The van der Waals surface area contributed by atoms with E-state index in [9.17, 15) is 4.79 Å². The molecule has 2 heterocycles. The van der Waals surface area contributed by atoms with Gasteiger partial charge in [0.15, 0.2) is 0 Å². The highest BCUT2D eigenvalue weighted by Crippen LogP contribution is 2.05. The molecule has 0 spiro atoms. The van der Waals surface area contributed by atoms with Gasteiger partial charge in [-0.15, -0.1) is 0 Å². The highest BCUT2D eigenvalue weighted by atomic mass is 16.1. The van der Waals surface area contributed by atoms with Crippen molar-refractivity contribution in [2.75, 3.05) is 18.9 Å². The van der Waals surface area contributed by atoms with E-state index in [-0.39, 0.29) is 5.91 Å². The van der Waals surface area contributed by atoms with Crippen LogP contribution in [0, 0.1) is 0 Å². The van der Waals surface area contributed by atoms with Crippen LogP contribution in [0.15, 0.2) is 30.7 Å². The molecule has 0 saturated carbocycles. The molecular weight excluding hydrogens is 242 g/mol. The Bertz CT molecular complexity index is 564. The largest absolute Gasteiger partial charge is 0.373 e. The third-order valence-electron chi connectivity index (χ3n) is 2.74. The number of carbonyl (C=O) groups excluding carboxylic acids is 1. The number of nitrogens with one attached hydrogen (secondary N) is 2. The van der Waals surface area contributed by atoms with Crippen LogP contribution in [0.2, 0.25) is 0 Å². The Balaban J connectivity index is 1.87. The minimum absolute atomic E-state index is 0.0946. The predicted octanol–water partition coefficient (Wildman–Crippen LogP) is 0.829. The van der Waals surface area contributed by atoms with Gasteiger partial charge in [-0.2, -0.15) is 5.10 Å². The van der Waals surface area contributed by atoms with E-state index in [2.05, 4.69) is 20.7 Å². The molecule has 6 heteroatoms. The summed E-state index contributed by atoms with van der Waals surface area (Å²) in [6.45, 7) is 0.585. The Morgan fingerprint density at radius 2 is 2.32 bits per heavy atom. The maximum Gasteiger partial charge on any atom is 0.251 e. The second-order valence-electron chi connectivity index (χ2n) is 4.21. The van der Waals surface area contributed by atoms with Crippen molar-refractivity contribution in [2.45, 2.75) is 6.42 Å². The van der Waals surface area contributed by atoms with Crippen molar-refractivity contribution in [3.8, 4) is 0 Å². The molecule has 0 aromatic carbocycles. The summed E-state index contributed by atoms with van der Waals surface area (Å²) in [6.07, 6.45) is 6.13. The third kappa shape index (κ3) is 3.54. The molecule has 0 bridgehead atoms. The zero-order chi connectivity index (χ0) is 13.7. The van der Waals surface area contributed by atoms with Gasteiger partial charge in [-0.25, -0.2) is 4.98 Å². The lowest BCUT2D eigenvalue weighted by molar-refractivity contribution is 0.0954. The van der Waals surface area contributed by atoms with Crippen molar-refractivity contribution in [3.05, 3.63) is 41.9 Å². The number of amides is 1. The van der Waals surface area contributed by atoms with Gasteiger partial charge in [0.05, 0.1) is 6.20 Å². The molecule has 1 amide bonds. The summed E-state index contributed by atoms with van der Waals surface area (Å²) >= 11 is 0. The first-order chi connectivity index (χ1) is 9.19. The average molecular weight is 259 g/mol. The summed E-state index contributed by atoms with van der Waals surface area (Å²) in [4.78, 5) is 16.0. The third-order valence-corrected chi connectivity index (χ3v) is 2.74. The lowest BCUT2D eigenvalue weighted by atomic mass is 10.2. The lowest BCUT2D eigenvalue weighted by Gasteiger charge is -2.05. The second kappa shape index (κ2) is 5.99. The standard InChI is InChI=1S/C13H17N5O/c1-14-12-7-11(4-6-15-12)13(19)16-5-3-10-8-17-18(2)9-10/h4,6-9H,3,5H2,1-2H3,(H,14,15)(H,16,19). The highest BCUT2D eigenvalue weighted by molar-refractivity contribution is 5.94. The quantitative estimate of drug-likeness (QED) is 0.834. The van der Waals surface area contributed by atoms with Gasteiger partial charge in [0.2, 0.25) is 0 Å². The van der Waals surface area contributed by atoms with Crippen LogP contribution in [-0.4, -0.2) is 34.3 Å². The van der Waals surface area contributed by atoms with Gasteiger partial charge in [0.1, 0.15) is 5.82 Å². The van der Waals surface area contributed by atoms with Crippen molar-refractivity contribution in [2.24, 2.45) is 7.05 Å². The molecule has 0 aliphatic carbocycles. The van der Waals surface area contributed by atoms with E-state index in [4.69, 9.17) is 0 Å². The van der Waals surface area contributed by atoms with Crippen LogP contribution in [0.25, 0.3) is 0 Å². The Kier molecular flexibility index (Phi) is 4.12. The fourth-order valence-corrected chi connectivity index (χ4v) is 1.73. The van der Waals surface area contributed by atoms with Gasteiger partial charge in [-0.3, -0.25) is 9.48 Å². The Hall–Kier alpha value is -2.37. The van der Waals surface area contributed by atoms with Crippen molar-refractivity contribution in [1.29, 1.82) is 0 Å². The van der Waals surface area contributed by atoms with E-state index in [1.165, 1.54) is 0 Å². The first-order valence-electron chi connectivity index (χ1n) is 6.08. The zero-order valence-electron chi connectivity index (χ0n) is 11.1. The lowest BCUT2D eigenvalue weighted by Crippen LogP contribution is -2.25. The zero-order valence-corrected chi connectivity index (χ0v) is 11.1. The number of aryl methyl sites for hydroxylation is 1. The molecule has 0 aliphatic rings. The maximum absolute atomic E-state index is 11.9. The molecule has 0 fully saturated rings.